The van der Waals surface area contributed by atoms with Gasteiger partial charge in [-0.3, -0.25) is 14.2 Å². The van der Waals surface area contributed by atoms with Crippen molar-refractivity contribution in [2.24, 2.45) is 0 Å². The van der Waals surface area contributed by atoms with Crippen LogP contribution in [0, 0.1) is 0 Å². The summed E-state index contributed by atoms with van der Waals surface area (Å²) in [5.74, 6) is -0.782. The summed E-state index contributed by atoms with van der Waals surface area (Å²) in [6.07, 6.45) is 1.63. The van der Waals surface area contributed by atoms with Crippen LogP contribution in [0.5, 0.6) is 5.75 Å². The maximum absolute atomic E-state index is 11.6. The number of hydrogen-bond acceptors (Lipinski definition) is 3. The quantitative estimate of drug-likeness (QED) is 0.495. The molecule has 0 aliphatic rings. The lowest BCUT2D eigenvalue weighted by Crippen LogP contribution is -2.11. The molecule has 0 bridgehead atoms. The maximum Gasteiger partial charge on any atom is 0.326 e. The van der Waals surface area contributed by atoms with Crippen molar-refractivity contribution in [1.29, 1.82) is 0 Å². The zero-order chi connectivity index (χ0) is 13.1. The van der Waals surface area contributed by atoms with E-state index in [2.05, 4.69) is 0 Å². The lowest BCUT2D eigenvalue weighted by molar-refractivity contribution is -0.131. The molecule has 2 aromatic rings. The number of hydrogen-bond donors (Lipinski definition) is 0. The third-order valence-electron chi connectivity index (χ3n) is 2.39. The molecule has 6 heteroatoms. The van der Waals surface area contributed by atoms with E-state index in [1.807, 2.05) is 0 Å². The summed E-state index contributed by atoms with van der Waals surface area (Å²) in [6, 6.07) is 6.78. The van der Waals surface area contributed by atoms with Gasteiger partial charge in [0.2, 0.25) is 5.91 Å². The Bertz CT molecular complexity index is 606. The summed E-state index contributed by atoms with van der Waals surface area (Å²) < 4.78 is 6.40. The molecule has 0 saturated carbocycles. The summed E-state index contributed by atoms with van der Waals surface area (Å²) >= 11 is 10.9. The molecule has 0 N–H and O–H groups in total. The van der Waals surface area contributed by atoms with Gasteiger partial charge in [-0.2, -0.15) is 0 Å². The summed E-state index contributed by atoms with van der Waals surface area (Å²) in [5.41, 5.74) is 0.639. The molecular formula is C12H9Cl2NO3. The molecule has 94 valence electrons. The van der Waals surface area contributed by atoms with Crippen molar-refractivity contribution < 1.29 is 14.3 Å². The fraction of sp³-hybridized carbons (Fsp3) is 0.167. The van der Waals surface area contributed by atoms with Gasteiger partial charge in [-0.05, 0) is 18.2 Å². The number of fused-ring (bicyclic) bond motifs is 1. The second kappa shape index (κ2) is 5.42. The summed E-state index contributed by atoms with van der Waals surface area (Å²) in [5, 5.41) is 0.860. The Balaban J connectivity index is 2.42. The third-order valence-corrected chi connectivity index (χ3v) is 2.84. The van der Waals surface area contributed by atoms with Crippen molar-refractivity contribution in [1.82, 2.24) is 4.57 Å². The van der Waals surface area contributed by atoms with E-state index < -0.39 is 5.97 Å². The number of aromatic nitrogens is 1. The van der Waals surface area contributed by atoms with E-state index in [-0.39, 0.29) is 17.7 Å². The first-order chi connectivity index (χ1) is 8.65. The molecule has 18 heavy (non-hydrogen) atoms. The van der Waals surface area contributed by atoms with Crippen molar-refractivity contribution in [3.63, 3.8) is 0 Å². The van der Waals surface area contributed by atoms with Crippen molar-refractivity contribution in [3.8, 4) is 5.75 Å². The first-order valence-corrected chi connectivity index (χ1v) is 6.19. The average molecular weight is 286 g/mol. The first-order valence-electron chi connectivity index (χ1n) is 5.12. The van der Waals surface area contributed by atoms with Crippen molar-refractivity contribution in [2.75, 3.05) is 11.8 Å². The number of ether oxygens (including phenoxy) is 1. The molecule has 1 heterocycles. The van der Waals surface area contributed by atoms with Crippen LogP contribution in [0.2, 0.25) is 0 Å². The molecule has 4 nitrogen and oxygen atoms in total. The second-order valence-corrected chi connectivity index (χ2v) is 4.08. The highest BCUT2D eigenvalue weighted by molar-refractivity contribution is 6.28. The van der Waals surface area contributed by atoms with Crippen LogP contribution in [-0.2, 0) is 4.79 Å². The molecule has 0 amide bonds. The highest BCUT2D eigenvalue weighted by Crippen LogP contribution is 2.22. The molecule has 0 radical (unpaired) electrons. The van der Waals surface area contributed by atoms with Gasteiger partial charge in [0.15, 0.2) is 0 Å². The number of halogens is 2. The zero-order valence-electron chi connectivity index (χ0n) is 9.23. The predicted molar refractivity (Wildman–Crippen MR) is 69.6 cm³/mol. The van der Waals surface area contributed by atoms with Crippen LogP contribution < -0.4 is 4.74 Å². The second-order valence-electron chi connectivity index (χ2n) is 3.54. The molecule has 0 spiro atoms. The Morgan fingerprint density at radius 3 is 2.61 bits per heavy atom. The number of carbonyl (C=O) groups excluding carboxylic acids is 2. The average Bonchev–Trinajstić information content (AvgIpc) is 2.80. The van der Waals surface area contributed by atoms with Crippen LogP contribution in [0.4, 0.5) is 0 Å². The molecule has 0 aliphatic heterocycles. The number of benzene rings is 1. The van der Waals surface area contributed by atoms with E-state index in [0.29, 0.717) is 11.3 Å². The van der Waals surface area contributed by atoms with Crippen LogP contribution in [-0.4, -0.2) is 28.2 Å². The Morgan fingerprint density at radius 2 is 1.94 bits per heavy atom. The molecule has 0 atom stereocenters. The molecule has 0 aliphatic carbocycles. The minimum atomic E-state index is -0.544. The van der Waals surface area contributed by atoms with Crippen LogP contribution >= 0.6 is 23.2 Å². The minimum absolute atomic E-state index is 0.116. The van der Waals surface area contributed by atoms with E-state index in [9.17, 15) is 9.59 Å². The van der Waals surface area contributed by atoms with E-state index in [0.717, 1.165) is 5.39 Å². The first kappa shape index (κ1) is 12.9. The Labute approximate surface area is 113 Å². The zero-order valence-corrected chi connectivity index (χ0v) is 10.7. The van der Waals surface area contributed by atoms with E-state index in [1.54, 1.807) is 30.5 Å². The fourth-order valence-corrected chi connectivity index (χ4v) is 1.80. The highest BCUT2D eigenvalue weighted by atomic mass is 35.5. The maximum atomic E-state index is 11.6. The van der Waals surface area contributed by atoms with Crippen LogP contribution in [0.1, 0.15) is 4.79 Å². The fourth-order valence-electron chi connectivity index (χ4n) is 1.61. The number of esters is 1. The lowest BCUT2D eigenvalue weighted by atomic mass is 10.2. The third kappa shape index (κ3) is 2.49. The Morgan fingerprint density at radius 1 is 1.17 bits per heavy atom. The Hall–Kier alpha value is -1.52. The topological polar surface area (TPSA) is 48.3 Å². The number of carbonyl (C=O) groups is 2. The molecule has 0 saturated heterocycles. The molecule has 2 rings (SSSR count). The van der Waals surface area contributed by atoms with Gasteiger partial charge in [0.1, 0.15) is 17.5 Å². The SMILES string of the molecule is O=C(CCl)Oc1ccc2ccn(C(=O)CCl)c2c1. The lowest BCUT2D eigenvalue weighted by Gasteiger charge is -2.04. The number of nitrogens with zero attached hydrogens (tertiary/aromatic N) is 1. The molecule has 1 aromatic carbocycles. The number of alkyl halides is 2. The standard InChI is InChI=1S/C12H9Cl2NO3/c13-6-11(16)15-4-3-8-1-2-9(5-10(8)15)18-12(17)7-14/h1-5H,6-7H2. The molecular weight excluding hydrogens is 277 g/mol. The van der Waals surface area contributed by atoms with Gasteiger partial charge >= 0.3 is 5.97 Å². The van der Waals surface area contributed by atoms with Crippen molar-refractivity contribution in [3.05, 3.63) is 30.5 Å². The van der Waals surface area contributed by atoms with Gasteiger partial charge in [-0.15, -0.1) is 23.2 Å². The molecule has 0 fully saturated rings. The minimum Gasteiger partial charge on any atom is -0.426 e. The van der Waals surface area contributed by atoms with Crippen LogP contribution in [0.3, 0.4) is 0 Å². The normalized spacial score (nSPS) is 10.6. The highest BCUT2D eigenvalue weighted by Gasteiger charge is 2.10. The summed E-state index contributed by atoms with van der Waals surface area (Å²) in [6.45, 7) is 0. The monoisotopic (exact) mass is 285 g/mol. The van der Waals surface area contributed by atoms with Gasteiger partial charge in [-0.1, -0.05) is 0 Å². The largest absolute Gasteiger partial charge is 0.426 e. The van der Waals surface area contributed by atoms with Gasteiger partial charge in [0, 0.05) is 17.6 Å². The summed E-state index contributed by atoms with van der Waals surface area (Å²) in [4.78, 5) is 22.7. The number of rotatable bonds is 3. The van der Waals surface area contributed by atoms with Gasteiger partial charge in [0.25, 0.3) is 0 Å². The summed E-state index contributed by atoms with van der Waals surface area (Å²) in [7, 11) is 0. The van der Waals surface area contributed by atoms with E-state index in [1.165, 1.54) is 4.57 Å². The smallest absolute Gasteiger partial charge is 0.326 e. The van der Waals surface area contributed by atoms with Crippen molar-refractivity contribution >= 4 is 46.0 Å². The van der Waals surface area contributed by atoms with E-state index >= 15 is 0 Å². The van der Waals surface area contributed by atoms with E-state index in [4.69, 9.17) is 27.9 Å². The predicted octanol–water partition coefficient (Wildman–Crippen LogP) is 2.66. The van der Waals surface area contributed by atoms with Crippen LogP contribution in [0.25, 0.3) is 10.9 Å². The molecule has 0 unspecified atom stereocenters. The van der Waals surface area contributed by atoms with Gasteiger partial charge in [-0.25, -0.2) is 0 Å². The van der Waals surface area contributed by atoms with Crippen LogP contribution in [0.15, 0.2) is 30.5 Å². The van der Waals surface area contributed by atoms with Gasteiger partial charge in [0.05, 0.1) is 5.52 Å². The Kier molecular flexibility index (Phi) is 3.89. The van der Waals surface area contributed by atoms with Gasteiger partial charge < -0.3 is 4.74 Å². The molecule has 1 aromatic heterocycles. The van der Waals surface area contributed by atoms with Crippen molar-refractivity contribution in [2.45, 2.75) is 0 Å².